The van der Waals surface area contributed by atoms with E-state index in [2.05, 4.69) is 19.7 Å². The highest BCUT2D eigenvalue weighted by Gasteiger charge is 2.34. The molecule has 2 aromatic rings. The van der Waals surface area contributed by atoms with Gasteiger partial charge >= 0.3 is 5.97 Å². The molecule has 0 N–H and O–H groups in total. The highest BCUT2D eigenvalue weighted by Crippen LogP contribution is 2.24. The lowest BCUT2D eigenvalue weighted by molar-refractivity contribution is -0.148. The molecule has 1 aliphatic rings. The SMILES string of the molecule is COC(=O)CN1CCN(c2nccc(-c3ccc(C)nc3C)n2)C(C)C1=O. The van der Waals surface area contributed by atoms with Gasteiger partial charge in [0.15, 0.2) is 0 Å². The lowest BCUT2D eigenvalue weighted by Gasteiger charge is -2.38. The molecule has 1 atom stereocenters. The molecule has 27 heavy (non-hydrogen) atoms. The maximum Gasteiger partial charge on any atom is 0.325 e. The number of methoxy groups -OCH3 is 1. The fraction of sp³-hybridized carbons (Fsp3) is 0.421. The van der Waals surface area contributed by atoms with Crippen LogP contribution < -0.4 is 4.90 Å². The van der Waals surface area contributed by atoms with Gasteiger partial charge in [-0.1, -0.05) is 0 Å². The number of amides is 1. The summed E-state index contributed by atoms with van der Waals surface area (Å²) in [6, 6.07) is 5.31. The Morgan fingerprint density at radius 1 is 1.22 bits per heavy atom. The number of nitrogens with zero attached hydrogens (tertiary/aromatic N) is 5. The topological polar surface area (TPSA) is 88.5 Å². The number of pyridine rings is 1. The van der Waals surface area contributed by atoms with Crippen molar-refractivity contribution in [2.75, 3.05) is 31.6 Å². The van der Waals surface area contributed by atoms with E-state index in [1.165, 1.54) is 12.0 Å². The lowest BCUT2D eigenvalue weighted by Crippen LogP contribution is -2.57. The van der Waals surface area contributed by atoms with Crippen molar-refractivity contribution in [3.63, 3.8) is 0 Å². The van der Waals surface area contributed by atoms with Crippen LogP contribution >= 0.6 is 0 Å². The molecule has 1 unspecified atom stereocenters. The van der Waals surface area contributed by atoms with Gasteiger partial charge in [-0.15, -0.1) is 0 Å². The molecule has 142 valence electrons. The molecular formula is C19H23N5O3. The Hall–Kier alpha value is -3.03. The number of hydrogen-bond acceptors (Lipinski definition) is 7. The molecule has 1 aliphatic heterocycles. The van der Waals surface area contributed by atoms with Crippen LogP contribution in [0.15, 0.2) is 24.4 Å². The van der Waals surface area contributed by atoms with E-state index in [1.54, 1.807) is 13.1 Å². The van der Waals surface area contributed by atoms with Crippen molar-refractivity contribution in [2.24, 2.45) is 0 Å². The monoisotopic (exact) mass is 369 g/mol. The van der Waals surface area contributed by atoms with Crippen molar-refractivity contribution in [1.82, 2.24) is 19.9 Å². The summed E-state index contributed by atoms with van der Waals surface area (Å²) in [4.78, 5) is 41.0. The van der Waals surface area contributed by atoms with Crippen LogP contribution in [0.2, 0.25) is 0 Å². The summed E-state index contributed by atoms with van der Waals surface area (Å²) in [5.74, 6) is -0.0792. The van der Waals surface area contributed by atoms with E-state index in [9.17, 15) is 9.59 Å². The molecule has 1 amide bonds. The lowest BCUT2D eigenvalue weighted by atomic mass is 10.1. The molecule has 0 spiro atoms. The molecular weight excluding hydrogens is 346 g/mol. The number of rotatable bonds is 4. The van der Waals surface area contributed by atoms with Crippen LogP contribution in [0, 0.1) is 13.8 Å². The van der Waals surface area contributed by atoms with E-state index in [0.29, 0.717) is 19.0 Å². The zero-order valence-electron chi connectivity index (χ0n) is 16.0. The number of aromatic nitrogens is 3. The Labute approximate surface area is 158 Å². The minimum absolute atomic E-state index is 0.0390. The summed E-state index contributed by atoms with van der Waals surface area (Å²) in [6.07, 6.45) is 1.69. The third-order valence-electron chi connectivity index (χ3n) is 4.70. The zero-order valence-corrected chi connectivity index (χ0v) is 16.0. The molecule has 3 rings (SSSR count). The fourth-order valence-corrected chi connectivity index (χ4v) is 3.17. The number of hydrogen-bond donors (Lipinski definition) is 0. The Balaban J connectivity index is 1.83. The molecule has 0 aliphatic carbocycles. The van der Waals surface area contributed by atoms with E-state index < -0.39 is 12.0 Å². The fourth-order valence-electron chi connectivity index (χ4n) is 3.17. The van der Waals surface area contributed by atoms with Crippen LogP contribution in [0.3, 0.4) is 0 Å². The molecule has 0 saturated carbocycles. The Morgan fingerprint density at radius 2 is 2.00 bits per heavy atom. The maximum absolute atomic E-state index is 12.6. The second kappa shape index (κ2) is 7.69. The van der Waals surface area contributed by atoms with Gasteiger partial charge in [0.1, 0.15) is 12.6 Å². The van der Waals surface area contributed by atoms with E-state index in [-0.39, 0.29) is 12.5 Å². The van der Waals surface area contributed by atoms with Crippen molar-refractivity contribution in [2.45, 2.75) is 26.8 Å². The van der Waals surface area contributed by atoms with Crippen molar-refractivity contribution >= 4 is 17.8 Å². The number of ether oxygens (including phenoxy) is 1. The average Bonchev–Trinajstić information content (AvgIpc) is 2.65. The Kier molecular flexibility index (Phi) is 5.34. The number of carbonyl (C=O) groups is 2. The first kappa shape index (κ1) is 18.8. The minimum atomic E-state index is -0.462. The van der Waals surface area contributed by atoms with Gasteiger partial charge in [-0.25, -0.2) is 9.97 Å². The highest BCUT2D eigenvalue weighted by atomic mass is 16.5. The summed E-state index contributed by atoms with van der Waals surface area (Å²) in [6.45, 7) is 6.60. The average molecular weight is 369 g/mol. The quantitative estimate of drug-likeness (QED) is 0.752. The maximum atomic E-state index is 12.6. The van der Waals surface area contributed by atoms with Gasteiger partial charge in [0, 0.05) is 36.2 Å². The molecule has 0 radical (unpaired) electrons. The smallest absolute Gasteiger partial charge is 0.325 e. The largest absolute Gasteiger partial charge is 0.468 e. The van der Waals surface area contributed by atoms with Gasteiger partial charge in [-0.05, 0) is 39.0 Å². The molecule has 2 aromatic heterocycles. The van der Waals surface area contributed by atoms with Gasteiger partial charge in [0.05, 0.1) is 12.8 Å². The highest BCUT2D eigenvalue weighted by molar-refractivity contribution is 5.88. The first-order valence-electron chi connectivity index (χ1n) is 8.80. The Morgan fingerprint density at radius 3 is 2.70 bits per heavy atom. The second-order valence-electron chi connectivity index (χ2n) is 6.53. The van der Waals surface area contributed by atoms with Gasteiger partial charge in [0.2, 0.25) is 11.9 Å². The van der Waals surface area contributed by atoms with E-state index in [1.807, 2.05) is 36.9 Å². The standard InChI is InChI=1S/C19H23N5O3/c1-12-5-6-15(13(2)21-12)16-7-8-20-19(22-16)24-10-9-23(11-17(25)27-4)18(26)14(24)3/h5-8,14H,9-11H2,1-4H3. The molecule has 0 bridgehead atoms. The predicted octanol–water partition coefficient (Wildman–Crippen LogP) is 1.37. The normalized spacial score (nSPS) is 17.2. The van der Waals surface area contributed by atoms with Crippen LogP contribution in [-0.4, -0.2) is 64.5 Å². The van der Waals surface area contributed by atoms with E-state index in [0.717, 1.165) is 22.6 Å². The predicted molar refractivity (Wildman–Crippen MR) is 100 cm³/mol. The first-order valence-corrected chi connectivity index (χ1v) is 8.80. The van der Waals surface area contributed by atoms with Crippen LogP contribution in [-0.2, 0) is 14.3 Å². The number of piperazine rings is 1. The van der Waals surface area contributed by atoms with Crippen molar-refractivity contribution < 1.29 is 14.3 Å². The van der Waals surface area contributed by atoms with Crippen LogP contribution in [0.25, 0.3) is 11.3 Å². The van der Waals surface area contributed by atoms with Gasteiger partial charge in [-0.2, -0.15) is 0 Å². The third-order valence-corrected chi connectivity index (χ3v) is 4.70. The van der Waals surface area contributed by atoms with Gasteiger partial charge < -0.3 is 14.5 Å². The molecule has 1 saturated heterocycles. The van der Waals surface area contributed by atoms with Crippen LogP contribution in [0.1, 0.15) is 18.3 Å². The molecule has 0 aromatic carbocycles. The number of esters is 1. The first-order chi connectivity index (χ1) is 12.9. The summed E-state index contributed by atoms with van der Waals surface area (Å²) >= 11 is 0. The van der Waals surface area contributed by atoms with Crippen molar-refractivity contribution in [1.29, 1.82) is 0 Å². The molecule has 1 fully saturated rings. The molecule has 8 heteroatoms. The number of aryl methyl sites for hydroxylation is 2. The molecule has 8 nitrogen and oxygen atoms in total. The van der Waals surface area contributed by atoms with Crippen molar-refractivity contribution in [3.8, 4) is 11.3 Å². The van der Waals surface area contributed by atoms with Crippen LogP contribution in [0.4, 0.5) is 5.95 Å². The minimum Gasteiger partial charge on any atom is -0.468 e. The van der Waals surface area contributed by atoms with E-state index in [4.69, 9.17) is 0 Å². The third kappa shape index (κ3) is 3.89. The van der Waals surface area contributed by atoms with Crippen molar-refractivity contribution in [3.05, 3.63) is 35.8 Å². The van der Waals surface area contributed by atoms with Gasteiger partial charge in [-0.3, -0.25) is 14.6 Å². The zero-order chi connectivity index (χ0) is 19.6. The second-order valence-corrected chi connectivity index (χ2v) is 6.53. The summed E-state index contributed by atoms with van der Waals surface area (Å²) in [5.41, 5.74) is 3.55. The summed E-state index contributed by atoms with van der Waals surface area (Å²) in [5, 5.41) is 0. The van der Waals surface area contributed by atoms with Gasteiger partial charge in [0.25, 0.3) is 0 Å². The number of carbonyl (C=O) groups excluding carboxylic acids is 2. The van der Waals surface area contributed by atoms with Crippen LogP contribution in [0.5, 0.6) is 0 Å². The summed E-state index contributed by atoms with van der Waals surface area (Å²) < 4.78 is 4.66. The molecule has 3 heterocycles. The summed E-state index contributed by atoms with van der Waals surface area (Å²) in [7, 11) is 1.31. The number of anilines is 1. The Bertz CT molecular complexity index is 870. The van der Waals surface area contributed by atoms with E-state index >= 15 is 0 Å².